The Morgan fingerprint density at radius 2 is 1.63 bits per heavy atom. The molecule has 1 amide bonds. The van der Waals surface area contributed by atoms with Crippen LogP contribution in [0.2, 0.25) is 5.02 Å². The van der Waals surface area contributed by atoms with Gasteiger partial charge in [0.15, 0.2) is 0 Å². The van der Waals surface area contributed by atoms with Crippen LogP contribution in [0.15, 0.2) is 77.7 Å². The van der Waals surface area contributed by atoms with Crippen LogP contribution < -0.4 is 5.73 Å². The van der Waals surface area contributed by atoms with Gasteiger partial charge in [-0.1, -0.05) is 41.9 Å². The molecule has 3 rings (SSSR count). The van der Waals surface area contributed by atoms with Gasteiger partial charge in [0.05, 0.1) is 4.90 Å². The fourth-order valence-electron chi connectivity index (χ4n) is 3.00. The van der Waals surface area contributed by atoms with E-state index in [0.29, 0.717) is 10.6 Å². The Morgan fingerprint density at radius 3 is 2.23 bits per heavy atom. The van der Waals surface area contributed by atoms with Gasteiger partial charge in [-0.05, 0) is 48.0 Å². The molecule has 0 heterocycles. The van der Waals surface area contributed by atoms with Crippen molar-refractivity contribution < 1.29 is 22.0 Å². The molecule has 0 radical (unpaired) electrons. The summed E-state index contributed by atoms with van der Waals surface area (Å²) in [5.41, 5.74) is 5.61. The van der Waals surface area contributed by atoms with E-state index in [1.807, 2.05) is 0 Å². The first kappa shape index (κ1) is 21.9. The first-order valence-corrected chi connectivity index (χ1v) is 10.6. The highest BCUT2D eigenvalue weighted by atomic mass is 35.5. The highest BCUT2D eigenvalue weighted by Gasteiger charge is 2.36. The van der Waals surface area contributed by atoms with Crippen LogP contribution in [0.3, 0.4) is 0 Å². The SMILES string of the molecule is NC(=O)C(c1ccccc1)N(Cc1cc(F)ccc1F)S(=O)(=O)c1ccc(Cl)cc1. The Bertz CT molecular complexity index is 1160. The number of nitrogens with zero attached hydrogens (tertiary/aromatic N) is 1. The summed E-state index contributed by atoms with van der Waals surface area (Å²) >= 11 is 5.84. The number of amides is 1. The zero-order valence-electron chi connectivity index (χ0n) is 15.5. The Kier molecular flexibility index (Phi) is 6.50. The normalized spacial score (nSPS) is 12.7. The first-order chi connectivity index (χ1) is 14.2. The monoisotopic (exact) mass is 450 g/mol. The van der Waals surface area contributed by atoms with Gasteiger partial charge in [0.25, 0.3) is 0 Å². The molecule has 0 bridgehead atoms. The smallest absolute Gasteiger partial charge is 0.244 e. The standard InChI is InChI=1S/C21H17ClF2N2O3S/c22-16-6-9-18(10-7-16)30(28,29)26(13-15-12-17(23)8-11-19(15)24)20(21(25)27)14-4-2-1-3-5-14/h1-12,20H,13H2,(H2,25,27). The van der Waals surface area contributed by atoms with Crippen LogP contribution in [0.4, 0.5) is 8.78 Å². The molecule has 0 spiro atoms. The second-order valence-electron chi connectivity index (χ2n) is 6.46. The Hall–Kier alpha value is -2.81. The van der Waals surface area contributed by atoms with Gasteiger partial charge in [-0.2, -0.15) is 4.31 Å². The third-order valence-corrected chi connectivity index (χ3v) is 6.50. The van der Waals surface area contributed by atoms with E-state index in [-0.39, 0.29) is 10.5 Å². The maximum absolute atomic E-state index is 14.3. The van der Waals surface area contributed by atoms with Crippen LogP contribution in [-0.4, -0.2) is 18.6 Å². The van der Waals surface area contributed by atoms with Crippen molar-refractivity contribution in [1.29, 1.82) is 0 Å². The molecule has 156 valence electrons. The average Bonchev–Trinajstić information content (AvgIpc) is 2.71. The van der Waals surface area contributed by atoms with E-state index in [0.717, 1.165) is 22.5 Å². The molecule has 0 fully saturated rings. The Morgan fingerprint density at radius 1 is 1.00 bits per heavy atom. The van der Waals surface area contributed by atoms with E-state index in [4.69, 9.17) is 17.3 Å². The molecule has 9 heteroatoms. The highest BCUT2D eigenvalue weighted by Crippen LogP contribution is 2.31. The van der Waals surface area contributed by atoms with Crippen LogP contribution in [0.25, 0.3) is 0 Å². The molecule has 0 aliphatic rings. The Labute approximate surface area is 177 Å². The predicted molar refractivity (Wildman–Crippen MR) is 109 cm³/mol. The molecular weight excluding hydrogens is 434 g/mol. The van der Waals surface area contributed by atoms with Crippen molar-refractivity contribution in [3.8, 4) is 0 Å². The molecule has 0 aromatic heterocycles. The third kappa shape index (κ3) is 4.67. The van der Waals surface area contributed by atoms with Crippen molar-refractivity contribution in [2.75, 3.05) is 0 Å². The molecule has 3 aromatic carbocycles. The first-order valence-electron chi connectivity index (χ1n) is 8.76. The maximum Gasteiger partial charge on any atom is 0.244 e. The van der Waals surface area contributed by atoms with E-state index >= 15 is 0 Å². The van der Waals surface area contributed by atoms with Crippen LogP contribution >= 0.6 is 11.6 Å². The minimum Gasteiger partial charge on any atom is -0.368 e. The molecule has 0 saturated heterocycles. The molecule has 5 nitrogen and oxygen atoms in total. The van der Waals surface area contributed by atoms with Crippen molar-refractivity contribution in [2.24, 2.45) is 5.73 Å². The number of benzene rings is 3. The molecular formula is C21H17ClF2N2O3S. The zero-order chi connectivity index (χ0) is 21.9. The van der Waals surface area contributed by atoms with E-state index in [1.165, 1.54) is 36.4 Å². The van der Waals surface area contributed by atoms with Gasteiger partial charge in [-0.25, -0.2) is 17.2 Å². The lowest BCUT2D eigenvalue weighted by Crippen LogP contribution is -2.41. The number of halogens is 3. The lowest BCUT2D eigenvalue weighted by Gasteiger charge is -2.29. The van der Waals surface area contributed by atoms with Crippen LogP contribution in [-0.2, 0) is 21.4 Å². The molecule has 3 aromatic rings. The fourth-order valence-corrected chi connectivity index (χ4v) is 4.69. The third-order valence-electron chi connectivity index (χ3n) is 4.43. The van der Waals surface area contributed by atoms with Gasteiger partial charge in [-0.3, -0.25) is 4.79 Å². The van der Waals surface area contributed by atoms with Crippen LogP contribution in [0.1, 0.15) is 17.2 Å². The number of rotatable bonds is 7. The second-order valence-corrected chi connectivity index (χ2v) is 8.78. The summed E-state index contributed by atoms with van der Waals surface area (Å²) in [4.78, 5) is 12.2. The van der Waals surface area contributed by atoms with Gasteiger partial charge in [0, 0.05) is 17.1 Å². The summed E-state index contributed by atoms with van der Waals surface area (Å²) in [6.07, 6.45) is 0. The van der Waals surface area contributed by atoms with Gasteiger partial charge in [-0.15, -0.1) is 0 Å². The number of nitrogens with two attached hydrogens (primary N) is 1. The largest absolute Gasteiger partial charge is 0.368 e. The summed E-state index contributed by atoms with van der Waals surface area (Å²) in [6, 6.07) is 14.5. The number of sulfonamides is 1. The Balaban J connectivity index is 2.18. The quantitative estimate of drug-likeness (QED) is 0.590. The average molecular weight is 451 g/mol. The summed E-state index contributed by atoms with van der Waals surface area (Å²) in [5, 5.41) is 0.311. The van der Waals surface area contributed by atoms with Crippen LogP contribution in [0, 0.1) is 11.6 Å². The minimum absolute atomic E-state index is 0.175. The predicted octanol–water partition coefficient (Wildman–Crippen LogP) is 4.04. The van der Waals surface area contributed by atoms with E-state index in [9.17, 15) is 22.0 Å². The summed E-state index contributed by atoms with van der Waals surface area (Å²) < 4.78 is 55.6. The van der Waals surface area contributed by atoms with Crippen molar-refractivity contribution in [3.63, 3.8) is 0 Å². The topological polar surface area (TPSA) is 80.5 Å². The molecule has 0 aliphatic heterocycles. The molecule has 1 atom stereocenters. The van der Waals surface area contributed by atoms with Gasteiger partial charge in [0.1, 0.15) is 17.7 Å². The van der Waals surface area contributed by atoms with Crippen molar-refractivity contribution in [2.45, 2.75) is 17.5 Å². The lowest BCUT2D eigenvalue weighted by molar-refractivity contribution is -0.122. The summed E-state index contributed by atoms with van der Waals surface area (Å²) in [6.45, 7) is -0.614. The lowest BCUT2D eigenvalue weighted by atomic mass is 10.1. The molecule has 30 heavy (non-hydrogen) atoms. The van der Waals surface area contributed by atoms with Crippen molar-refractivity contribution >= 4 is 27.5 Å². The molecule has 2 N–H and O–H groups in total. The van der Waals surface area contributed by atoms with Gasteiger partial charge < -0.3 is 5.73 Å². The molecule has 0 saturated carbocycles. The van der Waals surface area contributed by atoms with Crippen LogP contribution in [0.5, 0.6) is 0 Å². The minimum atomic E-state index is -4.35. The van der Waals surface area contributed by atoms with E-state index in [1.54, 1.807) is 18.2 Å². The highest BCUT2D eigenvalue weighted by molar-refractivity contribution is 7.89. The van der Waals surface area contributed by atoms with Gasteiger partial charge >= 0.3 is 0 Å². The maximum atomic E-state index is 14.3. The van der Waals surface area contributed by atoms with E-state index < -0.39 is 40.2 Å². The summed E-state index contributed by atoms with van der Waals surface area (Å²) in [7, 11) is -4.35. The molecule has 1 unspecified atom stereocenters. The summed E-state index contributed by atoms with van der Waals surface area (Å²) in [5.74, 6) is -2.52. The second kappa shape index (κ2) is 8.91. The zero-order valence-corrected chi connectivity index (χ0v) is 17.1. The van der Waals surface area contributed by atoms with E-state index in [2.05, 4.69) is 0 Å². The number of carbonyl (C=O) groups excluding carboxylic acids is 1. The number of hydrogen-bond donors (Lipinski definition) is 1. The molecule has 0 aliphatic carbocycles. The fraction of sp³-hybridized carbons (Fsp3) is 0.0952. The number of primary amides is 1. The van der Waals surface area contributed by atoms with Crippen molar-refractivity contribution in [1.82, 2.24) is 4.31 Å². The number of hydrogen-bond acceptors (Lipinski definition) is 3. The van der Waals surface area contributed by atoms with Gasteiger partial charge in [0.2, 0.25) is 15.9 Å². The van der Waals surface area contributed by atoms with Crippen molar-refractivity contribution in [3.05, 3.63) is 101 Å². The number of carbonyl (C=O) groups is 1.